The summed E-state index contributed by atoms with van der Waals surface area (Å²) in [5.74, 6) is -1.90. The fourth-order valence-corrected chi connectivity index (χ4v) is 4.21. The first-order valence-electron chi connectivity index (χ1n) is 8.63. The van der Waals surface area contributed by atoms with Crippen molar-refractivity contribution >= 4 is 29.7 Å². The molecule has 0 fully saturated rings. The Hall–Kier alpha value is -2.98. The summed E-state index contributed by atoms with van der Waals surface area (Å²) in [5, 5.41) is 27.0. The van der Waals surface area contributed by atoms with Crippen LogP contribution in [0.5, 0.6) is 0 Å². The molecule has 2 heterocycles. The van der Waals surface area contributed by atoms with Gasteiger partial charge in [-0.1, -0.05) is 13.8 Å². The first-order valence-corrected chi connectivity index (χ1v) is 9.61. The highest BCUT2D eigenvalue weighted by Gasteiger charge is 2.44. The number of carbonyl (C=O) groups excluding carboxylic acids is 3. The summed E-state index contributed by atoms with van der Waals surface area (Å²) < 4.78 is 5.06. The quantitative estimate of drug-likeness (QED) is 0.586. The second-order valence-electron chi connectivity index (χ2n) is 6.81. The number of esters is 1. The van der Waals surface area contributed by atoms with Crippen molar-refractivity contribution in [2.45, 2.75) is 33.7 Å². The SMILES string of the molecule is CCOC(=O)C1=C(CSC2=C(C#N)C(C)(C)[C@H](C#N)C(=O)N2)NC(=O)N[C@@H]1C. The van der Waals surface area contributed by atoms with E-state index < -0.39 is 35.3 Å². The standard InChI is InChI=1S/C18H21N5O4S/c1-5-27-16(25)13-9(2)21-17(26)22-12(13)8-28-15-11(7-20)18(3,4)10(6-19)14(24)23-15/h9-10H,5,8H2,1-4H3,(H,23,24)(H2,21,22,26)/t9-,10-/m1/s1. The maximum Gasteiger partial charge on any atom is 0.337 e. The van der Waals surface area contributed by atoms with Crippen molar-refractivity contribution in [2.24, 2.45) is 11.3 Å². The van der Waals surface area contributed by atoms with E-state index in [9.17, 15) is 24.9 Å². The average Bonchev–Trinajstić information content (AvgIpc) is 2.59. The van der Waals surface area contributed by atoms with Crippen LogP contribution < -0.4 is 16.0 Å². The Kier molecular flexibility index (Phi) is 6.37. The Morgan fingerprint density at radius 2 is 1.96 bits per heavy atom. The molecular weight excluding hydrogens is 382 g/mol. The molecule has 3 amide bonds. The molecule has 0 spiro atoms. The smallest absolute Gasteiger partial charge is 0.337 e. The van der Waals surface area contributed by atoms with Gasteiger partial charge in [-0.2, -0.15) is 10.5 Å². The van der Waals surface area contributed by atoms with Gasteiger partial charge in [0.15, 0.2) is 0 Å². The van der Waals surface area contributed by atoms with Crippen molar-refractivity contribution in [2.75, 3.05) is 12.4 Å². The molecule has 0 radical (unpaired) electrons. The fraction of sp³-hybridized carbons (Fsp3) is 0.500. The maximum atomic E-state index is 12.3. The highest BCUT2D eigenvalue weighted by molar-refractivity contribution is 8.03. The molecule has 2 atom stereocenters. The van der Waals surface area contributed by atoms with E-state index in [1.54, 1.807) is 27.7 Å². The summed E-state index contributed by atoms with van der Waals surface area (Å²) in [6.45, 7) is 6.86. The van der Waals surface area contributed by atoms with Gasteiger partial charge < -0.3 is 20.7 Å². The number of rotatable bonds is 5. The molecule has 0 aromatic rings. The summed E-state index contributed by atoms with van der Waals surface area (Å²) in [6.07, 6.45) is 0. The van der Waals surface area contributed by atoms with Crippen LogP contribution in [0, 0.1) is 34.0 Å². The van der Waals surface area contributed by atoms with E-state index in [2.05, 4.69) is 22.0 Å². The van der Waals surface area contributed by atoms with Crippen LogP contribution in [0.25, 0.3) is 0 Å². The largest absolute Gasteiger partial charge is 0.463 e. The third kappa shape index (κ3) is 3.97. The molecule has 2 aliphatic rings. The predicted octanol–water partition coefficient (Wildman–Crippen LogP) is 1.27. The van der Waals surface area contributed by atoms with Crippen LogP contribution in [0.4, 0.5) is 4.79 Å². The Labute approximate surface area is 167 Å². The predicted molar refractivity (Wildman–Crippen MR) is 101 cm³/mol. The van der Waals surface area contributed by atoms with Gasteiger partial charge in [0, 0.05) is 16.9 Å². The second kappa shape index (κ2) is 8.36. The number of nitriles is 2. The van der Waals surface area contributed by atoms with Gasteiger partial charge in [0.2, 0.25) is 5.91 Å². The molecule has 0 unspecified atom stereocenters. The topological polar surface area (TPSA) is 144 Å². The lowest BCUT2D eigenvalue weighted by atomic mass is 9.72. The highest BCUT2D eigenvalue weighted by Crippen LogP contribution is 2.42. The Morgan fingerprint density at radius 1 is 1.29 bits per heavy atom. The minimum Gasteiger partial charge on any atom is -0.463 e. The van der Waals surface area contributed by atoms with Crippen molar-refractivity contribution in [1.82, 2.24) is 16.0 Å². The van der Waals surface area contributed by atoms with E-state index in [-0.39, 0.29) is 23.5 Å². The van der Waals surface area contributed by atoms with Gasteiger partial charge in [0.1, 0.15) is 5.92 Å². The van der Waals surface area contributed by atoms with Gasteiger partial charge in [-0.05, 0) is 13.8 Å². The highest BCUT2D eigenvalue weighted by atomic mass is 32.2. The molecule has 0 aromatic heterocycles. The molecule has 0 aliphatic carbocycles. The van der Waals surface area contributed by atoms with E-state index in [1.165, 1.54) is 0 Å². The molecule has 9 nitrogen and oxygen atoms in total. The van der Waals surface area contributed by atoms with Crippen molar-refractivity contribution < 1.29 is 19.1 Å². The first-order chi connectivity index (χ1) is 13.2. The van der Waals surface area contributed by atoms with Gasteiger partial charge in [-0.3, -0.25) is 4.79 Å². The minimum atomic E-state index is -0.987. The van der Waals surface area contributed by atoms with Gasteiger partial charge in [0.05, 0.1) is 41.0 Å². The summed E-state index contributed by atoms with van der Waals surface area (Å²) in [5.41, 5.74) is -0.0597. The number of allylic oxidation sites excluding steroid dienone is 1. The Morgan fingerprint density at radius 3 is 2.54 bits per heavy atom. The van der Waals surface area contributed by atoms with Gasteiger partial charge in [-0.15, -0.1) is 11.8 Å². The number of nitrogens with one attached hydrogen (secondary N) is 3. The van der Waals surface area contributed by atoms with E-state index in [1.807, 2.05) is 6.07 Å². The number of thioether (sulfide) groups is 1. The number of urea groups is 1. The Balaban J connectivity index is 2.37. The summed E-state index contributed by atoms with van der Waals surface area (Å²) >= 11 is 1.11. The average molecular weight is 403 g/mol. The third-order valence-corrected chi connectivity index (χ3v) is 5.59. The normalized spacial score (nSPS) is 23.8. The van der Waals surface area contributed by atoms with Gasteiger partial charge >= 0.3 is 12.0 Å². The Bertz CT molecular complexity index is 862. The zero-order valence-corrected chi connectivity index (χ0v) is 16.8. The summed E-state index contributed by atoms with van der Waals surface area (Å²) in [7, 11) is 0. The van der Waals surface area contributed by atoms with Crippen molar-refractivity contribution in [3.05, 3.63) is 21.9 Å². The lowest BCUT2D eigenvalue weighted by molar-refractivity contribution is -0.139. The number of hydrogen-bond donors (Lipinski definition) is 3. The molecule has 28 heavy (non-hydrogen) atoms. The molecule has 0 bridgehead atoms. The minimum absolute atomic E-state index is 0.125. The van der Waals surface area contributed by atoms with E-state index in [4.69, 9.17) is 4.74 Å². The van der Waals surface area contributed by atoms with Crippen molar-refractivity contribution in [1.29, 1.82) is 10.5 Å². The number of hydrogen-bond acceptors (Lipinski definition) is 7. The fourth-order valence-electron chi connectivity index (χ4n) is 3.07. The molecule has 0 saturated carbocycles. The molecular formula is C18H21N5O4S. The van der Waals surface area contributed by atoms with Gasteiger partial charge in [-0.25, -0.2) is 9.59 Å². The number of amides is 3. The molecule has 0 saturated heterocycles. The van der Waals surface area contributed by atoms with Crippen LogP contribution in [-0.4, -0.2) is 36.3 Å². The third-order valence-electron chi connectivity index (χ3n) is 4.56. The van der Waals surface area contributed by atoms with E-state index in [0.29, 0.717) is 10.7 Å². The molecule has 148 valence electrons. The van der Waals surface area contributed by atoms with Crippen LogP contribution in [-0.2, 0) is 14.3 Å². The van der Waals surface area contributed by atoms with Crippen LogP contribution >= 0.6 is 11.8 Å². The molecule has 0 aromatic carbocycles. The number of ether oxygens (including phenoxy) is 1. The van der Waals surface area contributed by atoms with Crippen LogP contribution in [0.2, 0.25) is 0 Å². The van der Waals surface area contributed by atoms with Crippen molar-refractivity contribution in [3.8, 4) is 12.1 Å². The molecule has 10 heteroatoms. The number of nitrogens with zero attached hydrogens (tertiary/aromatic N) is 2. The second-order valence-corrected chi connectivity index (χ2v) is 7.80. The monoisotopic (exact) mass is 403 g/mol. The summed E-state index contributed by atoms with van der Waals surface area (Å²) in [4.78, 5) is 36.4. The first kappa shape index (κ1) is 21.3. The zero-order valence-electron chi connectivity index (χ0n) is 16.0. The van der Waals surface area contributed by atoms with Crippen molar-refractivity contribution in [3.63, 3.8) is 0 Å². The lowest BCUT2D eigenvalue weighted by Crippen LogP contribution is -2.49. The van der Waals surface area contributed by atoms with Crippen LogP contribution in [0.1, 0.15) is 27.7 Å². The van der Waals surface area contributed by atoms with E-state index >= 15 is 0 Å². The number of carbonyl (C=O) groups is 3. The molecule has 2 aliphatic heterocycles. The van der Waals surface area contributed by atoms with Crippen LogP contribution in [0.15, 0.2) is 21.9 Å². The zero-order chi connectivity index (χ0) is 21.1. The lowest BCUT2D eigenvalue weighted by Gasteiger charge is -2.34. The maximum absolute atomic E-state index is 12.3. The van der Waals surface area contributed by atoms with Gasteiger partial charge in [0.25, 0.3) is 0 Å². The molecule has 2 rings (SSSR count). The van der Waals surface area contributed by atoms with Crippen LogP contribution in [0.3, 0.4) is 0 Å². The summed E-state index contributed by atoms with van der Waals surface area (Å²) in [6, 6.07) is 3.01. The van der Waals surface area contributed by atoms with E-state index in [0.717, 1.165) is 11.8 Å². The molecule has 3 N–H and O–H groups in total.